The molecule has 0 fully saturated rings. The van der Waals surface area contributed by atoms with E-state index in [1.165, 1.54) is 0 Å². The molecule has 1 heterocycles. The highest BCUT2D eigenvalue weighted by molar-refractivity contribution is 5.60. The third-order valence-corrected chi connectivity index (χ3v) is 2.77. The lowest BCUT2D eigenvalue weighted by Crippen LogP contribution is -2.25. The standard InChI is InChI=1S/C11H20N4O3/c1-4-6-14-11(12-9(5-2)7-16)10(15(17)18)8(3)13-14/h9,12,16H,4-7H2,1-3H3. The predicted octanol–water partition coefficient (Wildman–Crippen LogP) is 1.69. The Morgan fingerprint density at radius 2 is 2.22 bits per heavy atom. The minimum absolute atomic E-state index is 0.00431. The fraction of sp³-hybridized carbons (Fsp3) is 0.727. The summed E-state index contributed by atoms with van der Waals surface area (Å²) in [6.45, 7) is 6.06. The highest BCUT2D eigenvalue weighted by Crippen LogP contribution is 2.29. The number of aliphatic hydroxyl groups excluding tert-OH is 1. The van der Waals surface area contributed by atoms with E-state index in [1.807, 2.05) is 13.8 Å². The van der Waals surface area contributed by atoms with Crippen LogP contribution in [0.15, 0.2) is 0 Å². The number of nitrogens with one attached hydrogen (secondary N) is 1. The normalized spacial score (nSPS) is 12.4. The van der Waals surface area contributed by atoms with Crippen LogP contribution in [0.2, 0.25) is 0 Å². The van der Waals surface area contributed by atoms with Crippen molar-refractivity contribution in [1.29, 1.82) is 0 Å². The number of hydrogen-bond acceptors (Lipinski definition) is 5. The Kier molecular flexibility index (Phi) is 5.08. The number of aliphatic hydroxyl groups is 1. The fourth-order valence-corrected chi connectivity index (χ4v) is 1.78. The van der Waals surface area contributed by atoms with Crippen LogP contribution in [0.25, 0.3) is 0 Å². The molecule has 1 aromatic heterocycles. The van der Waals surface area contributed by atoms with E-state index >= 15 is 0 Å². The Balaban J connectivity index is 3.14. The van der Waals surface area contributed by atoms with Gasteiger partial charge in [0, 0.05) is 6.54 Å². The van der Waals surface area contributed by atoms with Gasteiger partial charge in [-0.15, -0.1) is 0 Å². The maximum atomic E-state index is 11.1. The number of aryl methyl sites for hydroxylation is 2. The van der Waals surface area contributed by atoms with E-state index < -0.39 is 4.92 Å². The molecule has 102 valence electrons. The summed E-state index contributed by atoms with van der Waals surface area (Å²) in [5.41, 5.74) is 0.388. The van der Waals surface area contributed by atoms with Gasteiger partial charge in [0.2, 0.25) is 5.82 Å². The summed E-state index contributed by atoms with van der Waals surface area (Å²) in [5, 5.41) is 27.4. The first-order chi connectivity index (χ1) is 8.54. The summed E-state index contributed by atoms with van der Waals surface area (Å²) in [4.78, 5) is 10.6. The molecule has 1 atom stereocenters. The van der Waals surface area contributed by atoms with Crippen LogP contribution >= 0.6 is 0 Å². The predicted molar refractivity (Wildman–Crippen MR) is 68.7 cm³/mol. The molecule has 0 aliphatic carbocycles. The van der Waals surface area contributed by atoms with Crippen molar-refractivity contribution in [3.8, 4) is 0 Å². The Hall–Kier alpha value is -1.63. The third-order valence-electron chi connectivity index (χ3n) is 2.77. The van der Waals surface area contributed by atoms with E-state index in [0.717, 1.165) is 6.42 Å². The van der Waals surface area contributed by atoms with Crippen molar-refractivity contribution in [3.05, 3.63) is 15.8 Å². The maximum absolute atomic E-state index is 11.1. The van der Waals surface area contributed by atoms with Gasteiger partial charge in [0.25, 0.3) is 0 Å². The largest absolute Gasteiger partial charge is 0.394 e. The quantitative estimate of drug-likeness (QED) is 0.572. The molecule has 0 bridgehead atoms. The molecule has 0 radical (unpaired) electrons. The first kappa shape index (κ1) is 14.4. The first-order valence-electron chi connectivity index (χ1n) is 6.14. The van der Waals surface area contributed by atoms with Gasteiger partial charge in [-0.1, -0.05) is 13.8 Å². The summed E-state index contributed by atoms with van der Waals surface area (Å²) in [5.74, 6) is 0.389. The van der Waals surface area contributed by atoms with E-state index in [-0.39, 0.29) is 18.3 Å². The zero-order valence-electron chi connectivity index (χ0n) is 11.0. The summed E-state index contributed by atoms with van der Waals surface area (Å²) < 4.78 is 1.60. The molecular formula is C11H20N4O3. The highest BCUT2D eigenvalue weighted by atomic mass is 16.6. The maximum Gasteiger partial charge on any atom is 0.333 e. The molecular weight excluding hydrogens is 236 g/mol. The van der Waals surface area contributed by atoms with Crippen molar-refractivity contribution in [2.45, 2.75) is 46.2 Å². The topological polar surface area (TPSA) is 93.2 Å². The molecule has 0 saturated carbocycles. The van der Waals surface area contributed by atoms with Crippen LogP contribution in [-0.4, -0.2) is 32.5 Å². The molecule has 1 rings (SSSR count). The SMILES string of the molecule is CCCn1nc(C)c([N+](=O)[O-])c1NC(CC)CO. The van der Waals surface area contributed by atoms with Gasteiger partial charge in [-0.25, -0.2) is 4.68 Å². The van der Waals surface area contributed by atoms with Crippen molar-refractivity contribution >= 4 is 11.5 Å². The van der Waals surface area contributed by atoms with E-state index in [1.54, 1.807) is 11.6 Å². The second-order valence-corrected chi connectivity index (χ2v) is 4.19. The number of anilines is 1. The molecule has 0 saturated heterocycles. The molecule has 0 amide bonds. The first-order valence-corrected chi connectivity index (χ1v) is 6.14. The molecule has 0 aromatic carbocycles. The number of nitrogens with zero attached hydrogens (tertiary/aromatic N) is 3. The smallest absolute Gasteiger partial charge is 0.333 e. The second kappa shape index (κ2) is 6.34. The molecule has 2 N–H and O–H groups in total. The Morgan fingerprint density at radius 1 is 1.56 bits per heavy atom. The van der Waals surface area contributed by atoms with E-state index in [2.05, 4.69) is 10.4 Å². The Morgan fingerprint density at radius 3 is 2.67 bits per heavy atom. The van der Waals surface area contributed by atoms with Crippen molar-refractivity contribution in [1.82, 2.24) is 9.78 Å². The number of rotatable bonds is 7. The van der Waals surface area contributed by atoms with Crippen LogP contribution in [-0.2, 0) is 6.54 Å². The molecule has 0 spiro atoms. The van der Waals surface area contributed by atoms with Crippen LogP contribution in [0.1, 0.15) is 32.4 Å². The van der Waals surface area contributed by atoms with Crippen LogP contribution in [0, 0.1) is 17.0 Å². The van der Waals surface area contributed by atoms with E-state index in [0.29, 0.717) is 24.5 Å². The molecule has 1 unspecified atom stereocenters. The minimum atomic E-state index is -0.430. The van der Waals surface area contributed by atoms with Gasteiger partial charge >= 0.3 is 5.69 Å². The zero-order chi connectivity index (χ0) is 13.7. The van der Waals surface area contributed by atoms with Gasteiger partial charge in [-0.2, -0.15) is 5.10 Å². The van der Waals surface area contributed by atoms with Gasteiger partial charge in [-0.05, 0) is 19.8 Å². The number of aromatic nitrogens is 2. The average molecular weight is 256 g/mol. The summed E-state index contributed by atoms with van der Waals surface area (Å²) in [6.07, 6.45) is 1.52. The van der Waals surface area contributed by atoms with Crippen LogP contribution in [0.5, 0.6) is 0 Å². The van der Waals surface area contributed by atoms with Crippen molar-refractivity contribution in [2.24, 2.45) is 0 Å². The molecule has 0 aliphatic rings. The zero-order valence-corrected chi connectivity index (χ0v) is 11.0. The molecule has 7 heteroatoms. The lowest BCUT2D eigenvalue weighted by Gasteiger charge is -2.15. The van der Waals surface area contributed by atoms with Gasteiger partial charge in [0.15, 0.2) is 0 Å². The van der Waals surface area contributed by atoms with Crippen molar-refractivity contribution in [3.63, 3.8) is 0 Å². The number of hydrogen-bond donors (Lipinski definition) is 2. The monoisotopic (exact) mass is 256 g/mol. The summed E-state index contributed by atoms with van der Waals surface area (Å²) in [7, 11) is 0. The van der Waals surface area contributed by atoms with Crippen LogP contribution in [0.4, 0.5) is 11.5 Å². The average Bonchev–Trinajstić information content (AvgIpc) is 2.62. The molecule has 18 heavy (non-hydrogen) atoms. The van der Waals surface area contributed by atoms with E-state index in [4.69, 9.17) is 0 Å². The fourth-order valence-electron chi connectivity index (χ4n) is 1.78. The number of nitro groups is 1. The van der Waals surface area contributed by atoms with Gasteiger partial charge < -0.3 is 10.4 Å². The Labute approximate surface area is 106 Å². The van der Waals surface area contributed by atoms with Gasteiger partial charge in [0.05, 0.1) is 17.6 Å². The Bertz CT molecular complexity index is 413. The van der Waals surface area contributed by atoms with E-state index in [9.17, 15) is 15.2 Å². The van der Waals surface area contributed by atoms with Gasteiger partial charge in [-0.3, -0.25) is 10.1 Å². The molecule has 0 aliphatic heterocycles. The minimum Gasteiger partial charge on any atom is -0.394 e. The van der Waals surface area contributed by atoms with Crippen molar-refractivity contribution < 1.29 is 10.0 Å². The molecule has 7 nitrogen and oxygen atoms in total. The lowest BCUT2D eigenvalue weighted by atomic mass is 10.2. The van der Waals surface area contributed by atoms with Crippen LogP contribution < -0.4 is 5.32 Å². The molecule has 1 aromatic rings. The highest BCUT2D eigenvalue weighted by Gasteiger charge is 2.26. The summed E-state index contributed by atoms with van der Waals surface area (Å²) in [6, 6.07) is -0.199. The second-order valence-electron chi connectivity index (χ2n) is 4.19. The third kappa shape index (κ3) is 2.98. The summed E-state index contributed by atoms with van der Waals surface area (Å²) >= 11 is 0. The van der Waals surface area contributed by atoms with Crippen LogP contribution in [0.3, 0.4) is 0 Å². The lowest BCUT2D eigenvalue weighted by molar-refractivity contribution is -0.384. The van der Waals surface area contributed by atoms with Gasteiger partial charge in [0.1, 0.15) is 5.69 Å². The van der Waals surface area contributed by atoms with Crippen molar-refractivity contribution in [2.75, 3.05) is 11.9 Å².